The highest BCUT2D eigenvalue weighted by atomic mass is 16.5. The third-order valence-electron chi connectivity index (χ3n) is 4.41. The maximum absolute atomic E-state index is 12.7. The molecule has 7 heteroatoms. The minimum absolute atomic E-state index is 0.00169. The standard InChI is InChI=1S/C23H37N3O4/c1-14(2)19(24-23(6,7)8)21(28)20(27)16(5)25-26-18-11-9-17(10-12-18)13-30-22(29)15(3)4/h9-12,14-16,19,24-26H,13H2,1-8H3/t16-,19-/m0/s1. The summed E-state index contributed by atoms with van der Waals surface area (Å²) in [6.45, 7) is 15.2. The second-order valence-corrected chi connectivity index (χ2v) is 9.29. The van der Waals surface area contributed by atoms with Gasteiger partial charge in [-0.25, -0.2) is 5.43 Å². The molecular weight excluding hydrogens is 382 g/mol. The lowest BCUT2D eigenvalue weighted by atomic mass is 9.92. The minimum atomic E-state index is -0.688. The van der Waals surface area contributed by atoms with Crippen molar-refractivity contribution >= 4 is 23.2 Å². The largest absolute Gasteiger partial charge is 0.461 e. The Hall–Kier alpha value is -2.25. The summed E-state index contributed by atoms with van der Waals surface area (Å²) in [5, 5.41) is 3.24. The second-order valence-electron chi connectivity index (χ2n) is 9.29. The predicted octanol–water partition coefficient (Wildman–Crippen LogP) is 3.24. The smallest absolute Gasteiger partial charge is 0.308 e. The molecule has 1 rings (SSSR count). The van der Waals surface area contributed by atoms with Crippen molar-refractivity contribution in [2.75, 3.05) is 5.43 Å². The van der Waals surface area contributed by atoms with Gasteiger partial charge in [-0.05, 0) is 51.3 Å². The fraction of sp³-hybridized carbons (Fsp3) is 0.609. The zero-order chi connectivity index (χ0) is 23.1. The Balaban J connectivity index is 2.61. The van der Waals surface area contributed by atoms with E-state index in [-0.39, 0.29) is 30.0 Å². The summed E-state index contributed by atoms with van der Waals surface area (Å²) in [4.78, 5) is 36.9. The van der Waals surface area contributed by atoms with Crippen molar-refractivity contribution in [2.24, 2.45) is 11.8 Å². The van der Waals surface area contributed by atoms with Gasteiger partial charge in [-0.1, -0.05) is 39.8 Å². The summed E-state index contributed by atoms with van der Waals surface area (Å²) < 4.78 is 5.20. The number of rotatable bonds is 11. The molecular formula is C23H37N3O4. The molecule has 0 radical (unpaired) electrons. The normalized spacial score (nSPS) is 13.8. The van der Waals surface area contributed by atoms with Gasteiger partial charge in [-0.3, -0.25) is 14.4 Å². The van der Waals surface area contributed by atoms with E-state index in [2.05, 4.69) is 16.2 Å². The summed E-state index contributed by atoms with van der Waals surface area (Å²) in [6.07, 6.45) is 0. The Morgan fingerprint density at radius 2 is 1.50 bits per heavy atom. The van der Waals surface area contributed by atoms with Gasteiger partial charge < -0.3 is 15.5 Å². The number of hydrogen-bond acceptors (Lipinski definition) is 7. The van der Waals surface area contributed by atoms with E-state index in [0.717, 1.165) is 11.3 Å². The number of Topliss-reactive ketones (excluding diaryl/α,β-unsaturated/α-hetero) is 2. The average Bonchev–Trinajstić information content (AvgIpc) is 2.67. The molecule has 0 aliphatic rings. The maximum atomic E-state index is 12.7. The van der Waals surface area contributed by atoms with Gasteiger partial charge in [0.25, 0.3) is 0 Å². The number of carbonyl (C=O) groups excluding carboxylic acids is 3. The van der Waals surface area contributed by atoms with Crippen molar-refractivity contribution in [3.05, 3.63) is 29.8 Å². The fourth-order valence-corrected chi connectivity index (χ4v) is 2.63. The van der Waals surface area contributed by atoms with Crippen LogP contribution >= 0.6 is 0 Å². The molecule has 3 N–H and O–H groups in total. The predicted molar refractivity (Wildman–Crippen MR) is 119 cm³/mol. The Bertz CT molecular complexity index is 721. The number of ether oxygens (including phenoxy) is 1. The van der Waals surface area contributed by atoms with Crippen LogP contribution in [0.3, 0.4) is 0 Å². The first-order chi connectivity index (χ1) is 13.8. The molecule has 0 saturated carbocycles. The number of carbonyl (C=O) groups is 3. The van der Waals surface area contributed by atoms with E-state index in [9.17, 15) is 14.4 Å². The van der Waals surface area contributed by atoms with Crippen LogP contribution < -0.4 is 16.2 Å². The van der Waals surface area contributed by atoms with E-state index >= 15 is 0 Å². The fourth-order valence-electron chi connectivity index (χ4n) is 2.63. The highest BCUT2D eigenvalue weighted by Gasteiger charge is 2.33. The minimum Gasteiger partial charge on any atom is -0.461 e. The van der Waals surface area contributed by atoms with E-state index < -0.39 is 23.7 Å². The van der Waals surface area contributed by atoms with E-state index in [1.54, 1.807) is 20.8 Å². The third-order valence-corrected chi connectivity index (χ3v) is 4.41. The van der Waals surface area contributed by atoms with Gasteiger partial charge in [-0.15, -0.1) is 0 Å². The van der Waals surface area contributed by atoms with Gasteiger partial charge in [0.2, 0.25) is 11.6 Å². The highest BCUT2D eigenvalue weighted by Crippen LogP contribution is 2.13. The van der Waals surface area contributed by atoms with Gasteiger partial charge in [0.05, 0.1) is 18.0 Å². The van der Waals surface area contributed by atoms with E-state index in [4.69, 9.17) is 4.74 Å². The number of ketones is 2. The molecule has 0 aliphatic carbocycles. The molecule has 0 aromatic heterocycles. The van der Waals surface area contributed by atoms with Gasteiger partial charge in [0, 0.05) is 11.2 Å². The van der Waals surface area contributed by atoms with Crippen molar-refractivity contribution in [2.45, 2.75) is 79.6 Å². The lowest BCUT2D eigenvalue weighted by Crippen LogP contribution is -2.55. The summed E-state index contributed by atoms with van der Waals surface area (Å²) in [6, 6.07) is 6.06. The first-order valence-electron chi connectivity index (χ1n) is 10.4. The average molecular weight is 420 g/mol. The van der Waals surface area contributed by atoms with Crippen molar-refractivity contribution in [1.29, 1.82) is 0 Å². The summed E-state index contributed by atoms with van der Waals surface area (Å²) >= 11 is 0. The third kappa shape index (κ3) is 8.63. The molecule has 2 atom stereocenters. The van der Waals surface area contributed by atoms with Crippen LogP contribution in [0.2, 0.25) is 0 Å². The zero-order valence-corrected chi connectivity index (χ0v) is 19.5. The van der Waals surface area contributed by atoms with E-state index in [1.165, 1.54) is 0 Å². The number of anilines is 1. The molecule has 30 heavy (non-hydrogen) atoms. The quantitative estimate of drug-likeness (QED) is 0.288. The summed E-state index contributed by atoms with van der Waals surface area (Å²) in [5.41, 5.74) is 7.16. The Kier molecular flexibility index (Phi) is 9.65. The summed E-state index contributed by atoms with van der Waals surface area (Å²) in [5.74, 6) is -1.31. The molecule has 1 aromatic carbocycles. The SMILES string of the molecule is CC(C)C(=O)OCc1ccc(NN[C@@H](C)C(=O)C(=O)[C@@H](NC(C)(C)C)C(C)C)cc1. The van der Waals surface area contributed by atoms with Gasteiger partial charge in [-0.2, -0.15) is 0 Å². The van der Waals surface area contributed by atoms with Crippen LogP contribution in [0, 0.1) is 11.8 Å². The molecule has 0 bridgehead atoms. The topological polar surface area (TPSA) is 96.5 Å². The van der Waals surface area contributed by atoms with Crippen LogP contribution in [0.15, 0.2) is 24.3 Å². The number of hydrazine groups is 1. The van der Waals surface area contributed by atoms with Crippen LogP contribution in [-0.4, -0.2) is 35.2 Å². The molecule has 0 spiro atoms. The lowest BCUT2D eigenvalue weighted by molar-refractivity contribution is -0.148. The van der Waals surface area contributed by atoms with Gasteiger partial charge in [0.15, 0.2) is 0 Å². The van der Waals surface area contributed by atoms with Gasteiger partial charge >= 0.3 is 5.97 Å². The van der Waals surface area contributed by atoms with E-state index in [0.29, 0.717) is 0 Å². The number of nitrogens with one attached hydrogen (secondary N) is 3. The Morgan fingerprint density at radius 3 is 1.97 bits per heavy atom. The van der Waals surface area contributed by atoms with Crippen LogP contribution in [0.25, 0.3) is 0 Å². The van der Waals surface area contributed by atoms with Crippen molar-refractivity contribution < 1.29 is 19.1 Å². The zero-order valence-electron chi connectivity index (χ0n) is 19.5. The molecule has 0 aliphatic heterocycles. The maximum Gasteiger partial charge on any atom is 0.308 e. The van der Waals surface area contributed by atoms with Crippen LogP contribution in [0.1, 0.15) is 61.0 Å². The van der Waals surface area contributed by atoms with E-state index in [1.807, 2.05) is 58.9 Å². The number of esters is 1. The second kappa shape index (κ2) is 11.2. The molecule has 0 unspecified atom stereocenters. The number of benzene rings is 1. The van der Waals surface area contributed by atoms with Crippen LogP contribution in [0.4, 0.5) is 5.69 Å². The Morgan fingerprint density at radius 1 is 0.933 bits per heavy atom. The van der Waals surface area contributed by atoms with Crippen LogP contribution in [0.5, 0.6) is 0 Å². The summed E-state index contributed by atoms with van der Waals surface area (Å²) in [7, 11) is 0. The first kappa shape index (κ1) is 25.8. The van der Waals surface area contributed by atoms with Gasteiger partial charge in [0.1, 0.15) is 6.61 Å². The molecule has 0 heterocycles. The van der Waals surface area contributed by atoms with Crippen molar-refractivity contribution in [3.8, 4) is 0 Å². The lowest BCUT2D eigenvalue weighted by Gasteiger charge is -2.30. The monoisotopic (exact) mass is 419 g/mol. The van der Waals surface area contributed by atoms with Crippen molar-refractivity contribution in [3.63, 3.8) is 0 Å². The first-order valence-corrected chi connectivity index (χ1v) is 10.4. The van der Waals surface area contributed by atoms with Crippen molar-refractivity contribution in [1.82, 2.24) is 10.7 Å². The molecule has 1 aromatic rings. The molecule has 7 nitrogen and oxygen atoms in total. The molecule has 0 fully saturated rings. The Labute approximate surface area is 180 Å². The molecule has 0 saturated heterocycles. The molecule has 0 amide bonds. The highest BCUT2D eigenvalue weighted by molar-refractivity contribution is 6.41. The molecule has 168 valence electrons. The number of hydrogen-bond donors (Lipinski definition) is 3. The van der Waals surface area contributed by atoms with Crippen LogP contribution in [-0.2, 0) is 25.7 Å².